The van der Waals surface area contributed by atoms with Crippen LogP contribution in [0.5, 0.6) is 0 Å². The molecule has 0 aliphatic rings. The fraction of sp³-hybridized carbons (Fsp3) is 0.833. The average Bonchev–Trinajstić information content (AvgIpc) is 2.30. The molecule has 0 aromatic rings. The number of hydrogen-bond acceptors (Lipinski definition) is 4. The van der Waals surface area contributed by atoms with E-state index in [0.29, 0.717) is 6.54 Å². The Morgan fingerprint density at radius 1 is 1.44 bits per heavy atom. The lowest BCUT2D eigenvalue weighted by molar-refractivity contribution is 0.117. The van der Waals surface area contributed by atoms with Gasteiger partial charge in [0.15, 0.2) is 0 Å². The maximum absolute atomic E-state index is 9.76. The van der Waals surface area contributed by atoms with Crippen LogP contribution in [-0.2, 0) is 0 Å². The normalized spacial score (nSPS) is 13.0. The summed E-state index contributed by atoms with van der Waals surface area (Å²) in [6.45, 7) is 12.3. The number of nitrogens with one attached hydrogen (secondary N) is 1. The Morgan fingerprint density at radius 2 is 2.12 bits per heavy atom. The van der Waals surface area contributed by atoms with Gasteiger partial charge in [-0.2, -0.15) is 11.8 Å². The zero-order chi connectivity index (χ0) is 12.2. The fourth-order valence-corrected chi connectivity index (χ4v) is 2.05. The standard InChI is InChI=1S/C12H26N2OS/c1-4-8-16-9-7-13-10-12(15)11-14(5-2)6-3/h4,12-13,15H,1,5-11H2,2-3H3. The van der Waals surface area contributed by atoms with Crippen LogP contribution >= 0.6 is 11.8 Å². The second-order valence-electron chi connectivity index (χ2n) is 3.71. The minimum absolute atomic E-state index is 0.260. The maximum Gasteiger partial charge on any atom is 0.0791 e. The van der Waals surface area contributed by atoms with Gasteiger partial charge in [-0.05, 0) is 13.1 Å². The highest BCUT2D eigenvalue weighted by atomic mass is 32.2. The molecular formula is C12H26N2OS. The first kappa shape index (κ1) is 16.0. The van der Waals surface area contributed by atoms with Crippen LogP contribution in [0.4, 0.5) is 0 Å². The molecule has 0 radical (unpaired) electrons. The van der Waals surface area contributed by atoms with Crippen LogP contribution in [0.15, 0.2) is 12.7 Å². The maximum atomic E-state index is 9.76. The first-order valence-electron chi connectivity index (χ1n) is 6.04. The van der Waals surface area contributed by atoms with Gasteiger partial charge in [0.05, 0.1) is 6.10 Å². The fourth-order valence-electron chi connectivity index (χ4n) is 1.42. The molecule has 2 N–H and O–H groups in total. The molecule has 0 rings (SSSR count). The minimum atomic E-state index is -0.260. The highest BCUT2D eigenvalue weighted by Crippen LogP contribution is 1.97. The molecule has 4 heteroatoms. The summed E-state index contributed by atoms with van der Waals surface area (Å²) in [4.78, 5) is 2.23. The average molecular weight is 246 g/mol. The van der Waals surface area contributed by atoms with Crippen molar-refractivity contribution in [3.63, 3.8) is 0 Å². The van der Waals surface area contributed by atoms with Crippen LogP contribution in [0.25, 0.3) is 0 Å². The van der Waals surface area contributed by atoms with Crippen molar-refractivity contribution in [1.82, 2.24) is 10.2 Å². The number of aliphatic hydroxyl groups is 1. The van der Waals surface area contributed by atoms with E-state index in [9.17, 15) is 5.11 Å². The van der Waals surface area contributed by atoms with Gasteiger partial charge in [-0.3, -0.25) is 0 Å². The van der Waals surface area contributed by atoms with Crippen molar-refractivity contribution in [3.8, 4) is 0 Å². The second-order valence-corrected chi connectivity index (χ2v) is 4.86. The Hall–Kier alpha value is -0.0300. The summed E-state index contributed by atoms with van der Waals surface area (Å²) in [7, 11) is 0. The summed E-state index contributed by atoms with van der Waals surface area (Å²) in [6, 6.07) is 0. The van der Waals surface area contributed by atoms with E-state index in [1.54, 1.807) is 0 Å². The molecule has 16 heavy (non-hydrogen) atoms. The number of nitrogens with zero attached hydrogens (tertiary/aromatic N) is 1. The molecule has 0 aromatic heterocycles. The van der Waals surface area contributed by atoms with Gasteiger partial charge in [0.2, 0.25) is 0 Å². The van der Waals surface area contributed by atoms with Crippen molar-refractivity contribution in [2.75, 3.05) is 44.2 Å². The summed E-state index contributed by atoms with van der Waals surface area (Å²) in [5.74, 6) is 2.08. The molecule has 1 atom stereocenters. The van der Waals surface area contributed by atoms with E-state index in [2.05, 4.69) is 30.6 Å². The number of likely N-dealkylation sites (N-methyl/N-ethyl adjacent to an activating group) is 1. The zero-order valence-electron chi connectivity index (χ0n) is 10.6. The van der Waals surface area contributed by atoms with Crippen LogP contribution in [0, 0.1) is 0 Å². The summed E-state index contributed by atoms with van der Waals surface area (Å²) < 4.78 is 0. The predicted molar refractivity (Wildman–Crippen MR) is 74.2 cm³/mol. The van der Waals surface area contributed by atoms with Gasteiger partial charge >= 0.3 is 0 Å². The van der Waals surface area contributed by atoms with E-state index in [0.717, 1.165) is 37.7 Å². The van der Waals surface area contributed by atoms with Gasteiger partial charge in [0.25, 0.3) is 0 Å². The topological polar surface area (TPSA) is 35.5 Å². The number of hydrogen-bond donors (Lipinski definition) is 2. The van der Waals surface area contributed by atoms with Crippen molar-refractivity contribution < 1.29 is 5.11 Å². The van der Waals surface area contributed by atoms with Crippen LogP contribution < -0.4 is 5.32 Å². The summed E-state index contributed by atoms with van der Waals surface area (Å²) in [5.41, 5.74) is 0. The minimum Gasteiger partial charge on any atom is -0.390 e. The van der Waals surface area contributed by atoms with Crippen LogP contribution in [0.2, 0.25) is 0 Å². The number of rotatable bonds is 11. The molecule has 3 nitrogen and oxygen atoms in total. The largest absolute Gasteiger partial charge is 0.390 e. The van der Waals surface area contributed by atoms with Crippen molar-refractivity contribution in [3.05, 3.63) is 12.7 Å². The van der Waals surface area contributed by atoms with E-state index < -0.39 is 0 Å². The Morgan fingerprint density at radius 3 is 2.69 bits per heavy atom. The van der Waals surface area contributed by atoms with Gasteiger partial charge in [0, 0.05) is 31.1 Å². The molecule has 0 aliphatic carbocycles. The molecule has 96 valence electrons. The van der Waals surface area contributed by atoms with Crippen LogP contribution in [-0.4, -0.2) is 60.3 Å². The van der Waals surface area contributed by atoms with Crippen molar-refractivity contribution in [2.45, 2.75) is 20.0 Å². The molecule has 0 amide bonds. The van der Waals surface area contributed by atoms with E-state index in [1.165, 1.54) is 0 Å². The SMILES string of the molecule is C=CCSCCNCC(O)CN(CC)CC. The quantitative estimate of drug-likeness (QED) is 0.424. The number of aliphatic hydroxyl groups excluding tert-OH is 1. The zero-order valence-corrected chi connectivity index (χ0v) is 11.4. The third kappa shape index (κ3) is 9.21. The third-order valence-corrected chi connectivity index (χ3v) is 3.37. The summed E-state index contributed by atoms with van der Waals surface area (Å²) in [5, 5.41) is 13.0. The molecular weight excluding hydrogens is 220 g/mol. The van der Waals surface area contributed by atoms with Crippen molar-refractivity contribution >= 4 is 11.8 Å². The first-order chi connectivity index (χ1) is 7.74. The van der Waals surface area contributed by atoms with Gasteiger partial charge in [-0.15, -0.1) is 6.58 Å². The molecule has 0 aliphatic heterocycles. The lowest BCUT2D eigenvalue weighted by Crippen LogP contribution is -2.38. The summed E-state index contributed by atoms with van der Waals surface area (Å²) in [6.07, 6.45) is 1.66. The van der Waals surface area contributed by atoms with Crippen LogP contribution in [0.1, 0.15) is 13.8 Å². The molecule has 0 spiro atoms. The smallest absolute Gasteiger partial charge is 0.0791 e. The number of thioether (sulfide) groups is 1. The van der Waals surface area contributed by atoms with Crippen molar-refractivity contribution in [2.24, 2.45) is 0 Å². The first-order valence-corrected chi connectivity index (χ1v) is 7.19. The van der Waals surface area contributed by atoms with E-state index in [4.69, 9.17) is 0 Å². The summed E-state index contributed by atoms with van der Waals surface area (Å²) >= 11 is 1.86. The van der Waals surface area contributed by atoms with Gasteiger partial charge in [-0.1, -0.05) is 19.9 Å². The van der Waals surface area contributed by atoms with E-state index in [1.807, 2.05) is 17.8 Å². The second kappa shape index (κ2) is 11.5. The van der Waals surface area contributed by atoms with E-state index >= 15 is 0 Å². The lowest BCUT2D eigenvalue weighted by atomic mass is 10.3. The monoisotopic (exact) mass is 246 g/mol. The Labute approximate surface area is 104 Å². The Kier molecular flexibility index (Phi) is 11.4. The van der Waals surface area contributed by atoms with Gasteiger partial charge in [-0.25, -0.2) is 0 Å². The molecule has 0 saturated carbocycles. The Balaban J connectivity index is 3.35. The molecule has 0 bridgehead atoms. The highest BCUT2D eigenvalue weighted by molar-refractivity contribution is 7.99. The molecule has 0 fully saturated rings. The lowest BCUT2D eigenvalue weighted by Gasteiger charge is -2.21. The van der Waals surface area contributed by atoms with Crippen LogP contribution in [0.3, 0.4) is 0 Å². The van der Waals surface area contributed by atoms with Crippen molar-refractivity contribution in [1.29, 1.82) is 0 Å². The highest BCUT2D eigenvalue weighted by Gasteiger charge is 2.07. The Bertz CT molecular complexity index is 163. The van der Waals surface area contributed by atoms with Gasteiger partial charge in [0.1, 0.15) is 0 Å². The van der Waals surface area contributed by atoms with Gasteiger partial charge < -0.3 is 15.3 Å². The predicted octanol–water partition coefficient (Wildman–Crippen LogP) is 1.20. The van der Waals surface area contributed by atoms with E-state index in [-0.39, 0.29) is 6.10 Å². The molecule has 0 heterocycles. The molecule has 0 saturated heterocycles. The third-order valence-electron chi connectivity index (χ3n) is 2.40. The molecule has 1 unspecified atom stereocenters. The molecule has 0 aromatic carbocycles.